The average molecular weight is 300 g/mol. The predicted molar refractivity (Wildman–Crippen MR) is 77.5 cm³/mol. The Morgan fingerprint density at radius 1 is 1.35 bits per heavy atom. The van der Waals surface area contributed by atoms with Gasteiger partial charge in [0.05, 0.1) is 5.25 Å². The molecule has 0 saturated heterocycles. The van der Waals surface area contributed by atoms with Gasteiger partial charge in [0.15, 0.2) is 0 Å². The van der Waals surface area contributed by atoms with E-state index in [0.717, 1.165) is 12.8 Å². The van der Waals surface area contributed by atoms with Crippen LogP contribution in [0.1, 0.15) is 25.3 Å². The van der Waals surface area contributed by atoms with E-state index in [-0.39, 0.29) is 12.4 Å². The van der Waals surface area contributed by atoms with Gasteiger partial charge in [-0.15, -0.1) is 0 Å². The van der Waals surface area contributed by atoms with Gasteiger partial charge in [-0.3, -0.25) is 0 Å². The van der Waals surface area contributed by atoms with Gasteiger partial charge in [0.1, 0.15) is 5.82 Å². The maximum Gasteiger partial charge on any atom is 0.215 e. The SMILES string of the molecule is CC(CNC1CC1)S(=O)(=O)NCCc1ccccc1F. The summed E-state index contributed by atoms with van der Waals surface area (Å²) in [6.45, 7) is 2.36. The molecule has 6 heteroatoms. The second-order valence-corrected chi connectivity index (χ2v) is 7.46. The third-order valence-electron chi connectivity index (χ3n) is 3.46. The Morgan fingerprint density at radius 2 is 2.05 bits per heavy atom. The normalized spacial score (nSPS) is 17.1. The summed E-state index contributed by atoms with van der Waals surface area (Å²) in [7, 11) is -3.35. The summed E-state index contributed by atoms with van der Waals surface area (Å²) in [5, 5.41) is 2.72. The Bertz CT molecular complexity index is 544. The fourth-order valence-corrected chi connectivity index (χ4v) is 2.89. The summed E-state index contributed by atoms with van der Waals surface area (Å²) < 4.78 is 39.9. The van der Waals surface area contributed by atoms with Crippen molar-refractivity contribution in [3.63, 3.8) is 0 Å². The first-order valence-electron chi connectivity index (χ1n) is 6.94. The molecule has 112 valence electrons. The lowest BCUT2D eigenvalue weighted by Gasteiger charge is -2.14. The number of hydrogen-bond donors (Lipinski definition) is 2. The number of halogens is 1. The van der Waals surface area contributed by atoms with Crippen molar-refractivity contribution in [2.75, 3.05) is 13.1 Å². The zero-order valence-electron chi connectivity index (χ0n) is 11.6. The van der Waals surface area contributed by atoms with E-state index in [0.29, 0.717) is 24.6 Å². The van der Waals surface area contributed by atoms with E-state index in [9.17, 15) is 12.8 Å². The first kappa shape index (κ1) is 15.4. The zero-order valence-corrected chi connectivity index (χ0v) is 12.4. The van der Waals surface area contributed by atoms with E-state index in [1.54, 1.807) is 25.1 Å². The third kappa shape index (κ3) is 4.54. The van der Waals surface area contributed by atoms with Crippen LogP contribution < -0.4 is 10.0 Å². The van der Waals surface area contributed by atoms with Crippen LogP contribution in [0.2, 0.25) is 0 Å². The van der Waals surface area contributed by atoms with Crippen molar-refractivity contribution >= 4 is 10.0 Å². The van der Waals surface area contributed by atoms with Crippen LogP contribution in [0.15, 0.2) is 24.3 Å². The molecule has 2 rings (SSSR count). The number of hydrogen-bond acceptors (Lipinski definition) is 3. The van der Waals surface area contributed by atoms with Crippen LogP contribution in [0.25, 0.3) is 0 Å². The molecule has 1 aromatic carbocycles. The summed E-state index contributed by atoms with van der Waals surface area (Å²) in [4.78, 5) is 0. The Kier molecular flexibility index (Phi) is 5.12. The molecule has 2 N–H and O–H groups in total. The van der Waals surface area contributed by atoms with Crippen molar-refractivity contribution < 1.29 is 12.8 Å². The van der Waals surface area contributed by atoms with Gasteiger partial charge in [0.2, 0.25) is 10.0 Å². The summed E-state index contributed by atoms with van der Waals surface area (Å²) in [6, 6.07) is 6.91. The Morgan fingerprint density at radius 3 is 2.70 bits per heavy atom. The molecule has 1 aromatic rings. The van der Waals surface area contributed by atoms with Crippen LogP contribution in [-0.2, 0) is 16.4 Å². The van der Waals surface area contributed by atoms with E-state index >= 15 is 0 Å². The minimum Gasteiger partial charge on any atom is -0.313 e. The third-order valence-corrected chi connectivity index (χ3v) is 5.29. The van der Waals surface area contributed by atoms with Crippen LogP contribution in [0.4, 0.5) is 4.39 Å². The highest BCUT2D eigenvalue weighted by Crippen LogP contribution is 2.18. The summed E-state index contributed by atoms with van der Waals surface area (Å²) in [6.07, 6.45) is 2.62. The van der Waals surface area contributed by atoms with Gasteiger partial charge in [0, 0.05) is 19.1 Å². The van der Waals surface area contributed by atoms with E-state index < -0.39 is 15.3 Å². The van der Waals surface area contributed by atoms with Crippen molar-refractivity contribution in [2.24, 2.45) is 0 Å². The second-order valence-electron chi connectivity index (χ2n) is 5.27. The molecule has 0 spiro atoms. The van der Waals surface area contributed by atoms with Gasteiger partial charge in [-0.2, -0.15) is 0 Å². The lowest BCUT2D eigenvalue weighted by molar-refractivity contribution is 0.555. The molecule has 20 heavy (non-hydrogen) atoms. The Labute approximate surface area is 119 Å². The van der Waals surface area contributed by atoms with Crippen molar-refractivity contribution in [2.45, 2.75) is 37.5 Å². The molecule has 1 fully saturated rings. The largest absolute Gasteiger partial charge is 0.313 e. The number of benzene rings is 1. The molecular formula is C14H21FN2O2S. The molecule has 1 saturated carbocycles. The fourth-order valence-electron chi connectivity index (χ4n) is 1.90. The highest BCUT2D eigenvalue weighted by molar-refractivity contribution is 7.90. The van der Waals surface area contributed by atoms with E-state index in [2.05, 4.69) is 10.0 Å². The van der Waals surface area contributed by atoms with Crippen LogP contribution in [-0.4, -0.2) is 32.8 Å². The van der Waals surface area contributed by atoms with Crippen LogP contribution >= 0.6 is 0 Å². The van der Waals surface area contributed by atoms with Crippen LogP contribution in [0.5, 0.6) is 0 Å². The van der Waals surface area contributed by atoms with Crippen molar-refractivity contribution in [1.82, 2.24) is 10.0 Å². The van der Waals surface area contributed by atoms with Crippen LogP contribution in [0.3, 0.4) is 0 Å². The van der Waals surface area contributed by atoms with Crippen molar-refractivity contribution in [3.8, 4) is 0 Å². The van der Waals surface area contributed by atoms with Gasteiger partial charge >= 0.3 is 0 Å². The Hall–Kier alpha value is -0.980. The molecule has 0 heterocycles. The molecule has 4 nitrogen and oxygen atoms in total. The first-order valence-corrected chi connectivity index (χ1v) is 8.49. The van der Waals surface area contributed by atoms with Gasteiger partial charge < -0.3 is 5.32 Å². The monoisotopic (exact) mass is 300 g/mol. The second kappa shape index (κ2) is 6.65. The van der Waals surface area contributed by atoms with Crippen molar-refractivity contribution in [3.05, 3.63) is 35.6 Å². The number of rotatable bonds is 8. The minimum atomic E-state index is -3.35. The van der Waals surface area contributed by atoms with Gasteiger partial charge in [-0.1, -0.05) is 18.2 Å². The molecule has 0 radical (unpaired) electrons. The molecule has 1 aliphatic carbocycles. The standard InChI is InChI=1S/C14H21FN2O2S/c1-11(10-16-13-6-7-13)20(18,19)17-9-8-12-4-2-3-5-14(12)15/h2-5,11,13,16-17H,6-10H2,1H3. The molecule has 0 aromatic heterocycles. The molecule has 1 unspecified atom stereocenters. The molecular weight excluding hydrogens is 279 g/mol. The quantitative estimate of drug-likeness (QED) is 0.763. The lowest BCUT2D eigenvalue weighted by atomic mass is 10.1. The molecule has 0 bridgehead atoms. The highest BCUT2D eigenvalue weighted by Gasteiger charge is 2.25. The van der Waals surface area contributed by atoms with Crippen LogP contribution in [0, 0.1) is 5.82 Å². The molecule has 0 aliphatic heterocycles. The van der Waals surface area contributed by atoms with E-state index in [1.807, 2.05) is 0 Å². The molecule has 1 aliphatic rings. The summed E-state index contributed by atoms with van der Waals surface area (Å²) in [5.41, 5.74) is 0.527. The molecule has 1 atom stereocenters. The zero-order chi connectivity index (χ0) is 14.6. The smallest absolute Gasteiger partial charge is 0.215 e. The first-order chi connectivity index (χ1) is 9.49. The minimum absolute atomic E-state index is 0.219. The maximum absolute atomic E-state index is 13.4. The average Bonchev–Trinajstić information content (AvgIpc) is 3.22. The van der Waals surface area contributed by atoms with Gasteiger partial charge in [-0.05, 0) is 37.8 Å². The number of sulfonamides is 1. The summed E-state index contributed by atoms with van der Waals surface area (Å²) >= 11 is 0. The predicted octanol–water partition coefficient (Wildman–Crippen LogP) is 1.43. The highest BCUT2D eigenvalue weighted by atomic mass is 32.2. The van der Waals surface area contributed by atoms with Crippen molar-refractivity contribution in [1.29, 1.82) is 0 Å². The van der Waals surface area contributed by atoms with Gasteiger partial charge in [0.25, 0.3) is 0 Å². The van der Waals surface area contributed by atoms with E-state index in [4.69, 9.17) is 0 Å². The molecule has 0 amide bonds. The van der Waals surface area contributed by atoms with E-state index in [1.165, 1.54) is 6.07 Å². The summed E-state index contributed by atoms with van der Waals surface area (Å²) in [5.74, 6) is -0.296. The maximum atomic E-state index is 13.4. The number of nitrogens with one attached hydrogen (secondary N) is 2. The topological polar surface area (TPSA) is 58.2 Å². The van der Waals surface area contributed by atoms with Gasteiger partial charge in [-0.25, -0.2) is 17.5 Å². The fraction of sp³-hybridized carbons (Fsp3) is 0.571. The lowest BCUT2D eigenvalue weighted by Crippen LogP contribution is -2.40. The Balaban J connectivity index is 1.77.